The van der Waals surface area contributed by atoms with Gasteiger partial charge in [-0.3, -0.25) is 9.59 Å². The van der Waals surface area contributed by atoms with E-state index < -0.39 is 0 Å². The number of amides is 2. The van der Waals surface area contributed by atoms with Crippen LogP contribution in [0.2, 0.25) is 0 Å². The van der Waals surface area contributed by atoms with E-state index in [4.69, 9.17) is 0 Å². The van der Waals surface area contributed by atoms with Gasteiger partial charge < -0.3 is 10.2 Å². The summed E-state index contributed by atoms with van der Waals surface area (Å²) >= 11 is 0. The Bertz CT molecular complexity index is 274. The van der Waals surface area contributed by atoms with Crippen LogP contribution in [-0.2, 0) is 9.59 Å². The zero-order chi connectivity index (χ0) is 12.3. The number of nitrogens with zero attached hydrogens (tertiary/aromatic N) is 1. The van der Waals surface area contributed by atoms with Gasteiger partial charge in [0.1, 0.15) is 6.04 Å². The first-order valence-corrected chi connectivity index (χ1v) is 6.04. The zero-order valence-corrected chi connectivity index (χ0v) is 10.6. The predicted molar refractivity (Wildman–Crippen MR) is 62.9 cm³/mol. The maximum atomic E-state index is 11.9. The third-order valence-electron chi connectivity index (χ3n) is 2.76. The summed E-state index contributed by atoms with van der Waals surface area (Å²) in [5, 5.41) is 2.88. The maximum absolute atomic E-state index is 11.9. The lowest BCUT2D eigenvalue weighted by Crippen LogP contribution is -2.48. The van der Waals surface area contributed by atoms with E-state index in [9.17, 15) is 9.59 Å². The van der Waals surface area contributed by atoms with Gasteiger partial charge in [0.25, 0.3) is 0 Å². The third kappa shape index (κ3) is 2.97. The van der Waals surface area contributed by atoms with Crippen LogP contribution in [0.25, 0.3) is 0 Å². The molecule has 1 N–H and O–H groups in total. The molecule has 0 radical (unpaired) electrons. The second-order valence-corrected chi connectivity index (χ2v) is 5.01. The summed E-state index contributed by atoms with van der Waals surface area (Å²) in [5.74, 6) is 0.0374. The minimum atomic E-state index is -0.253. The minimum absolute atomic E-state index is 0.0125. The molecule has 2 amide bonds. The molecule has 0 saturated carbocycles. The predicted octanol–water partition coefficient (Wildman–Crippen LogP) is 1.16. The number of carbonyl (C=O) groups is 2. The summed E-state index contributed by atoms with van der Waals surface area (Å²) in [6, 6.07) is -0.124. The molecule has 0 bridgehead atoms. The Morgan fingerprint density at radius 1 is 1.25 bits per heavy atom. The summed E-state index contributed by atoms with van der Waals surface area (Å²) in [4.78, 5) is 25.5. The molecule has 1 aliphatic heterocycles. The Balaban J connectivity index is 2.65. The molecule has 1 fully saturated rings. The van der Waals surface area contributed by atoms with Gasteiger partial charge in [-0.05, 0) is 26.7 Å². The number of hydrogen-bond acceptors (Lipinski definition) is 2. The van der Waals surface area contributed by atoms with E-state index in [-0.39, 0.29) is 29.8 Å². The third-order valence-corrected chi connectivity index (χ3v) is 2.76. The Morgan fingerprint density at radius 3 is 2.38 bits per heavy atom. The second kappa shape index (κ2) is 5.32. The Kier molecular flexibility index (Phi) is 4.33. The van der Waals surface area contributed by atoms with Crippen LogP contribution in [0.3, 0.4) is 0 Å². The van der Waals surface area contributed by atoms with E-state index in [0.29, 0.717) is 6.54 Å². The molecule has 1 rings (SSSR count). The highest BCUT2D eigenvalue weighted by Crippen LogP contribution is 2.19. The van der Waals surface area contributed by atoms with Gasteiger partial charge in [0, 0.05) is 18.5 Å². The van der Waals surface area contributed by atoms with Crippen LogP contribution < -0.4 is 5.32 Å². The number of likely N-dealkylation sites (tertiary alicyclic amines) is 1. The highest BCUT2D eigenvalue weighted by atomic mass is 16.2. The van der Waals surface area contributed by atoms with Crippen molar-refractivity contribution in [1.82, 2.24) is 10.2 Å². The lowest BCUT2D eigenvalue weighted by molar-refractivity contribution is -0.140. The normalized spacial score (nSPS) is 20.6. The maximum Gasteiger partial charge on any atom is 0.243 e. The molecule has 92 valence electrons. The molecule has 4 heteroatoms. The molecule has 0 aliphatic carbocycles. The van der Waals surface area contributed by atoms with Gasteiger partial charge in [-0.25, -0.2) is 0 Å². The first kappa shape index (κ1) is 13.0. The minimum Gasteiger partial charge on any atom is -0.352 e. The first-order chi connectivity index (χ1) is 7.43. The molecule has 1 unspecified atom stereocenters. The van der Waals surface area contributed by atoms with Crippen molar-refractivity contribution in [2.45, 2.75) is 52.6 Å². The van der Waals surface area contributed by atoms with Gasteiger partial charge in [-0.1, -0.05) is 13.8 Å². The van der Waals surface area contributed by atoms with Crippen LogP contribution in [0.1, 0.15) is 40.5 Å². The van der Waals surface area contributed by atoms with Crippen molar-refractivity contribution in [3.8, 4) is 0 Å². The van der Waals surface area contributed by atoms with Gasteiger partial charge >= 0.3 is 0 Å². The number of hydrogen-bond donors (Lipinski definition) is 1. The van der Waals surface area contributed by atoms with Crippen molar-refractivity contribution in [2.24, 2.45) is 5.92 Å². The van der Waals surface area contributed by atoms with Gasteiger partial charge in [0.2, 0.25) is 11.8 Å². The van der Waals surface area contributed by atoms with Gasteiger partial charge in [0.05, 0.1) is 0 Å². The van der Waals surface area contributed by atoms with E-state index in [1.165, 1.54) is 0 Å². The molecule has 0 aromatic rings. The van der Waals surface area contributed by atoms with Gasteiger partial charge in [0.15, 0.2) is 0 Å². The van der Waals surface area contributed by atoms with Crippen molar-refractivity contribution in [3.63, 3.8) is 0 Å². The lowest BCUT2D eigenvalue weighted by atomic mass is 10.1. The molecular weight excluding hydrogens is 204 g/mol. The molecule has 0 spiro atoms. The Morgan fingerprint density at radius 2 is 1.88 bits per heavy atom. The monoisotopic (exact) mass is 226 g/mol. The summed E-state index contributed by atoms with van der Waals surface area (Å²) < 4.78 is 0. The molecule has 16 heavy (non-hydrogen) atoms. The Labute approximate surface area is 97.4 Å². The van der Waals surface area contributed by atoms with Crippen molar-refractivity contribution < 1.29 is 9.59 Å². The standard InChI is InChI=1S/C12H22N2O2/c1-8(2)12(16)14-7-5-6-10(14)11(15)13-9(3)4/h8-10H,5-7H2,1-4H3,(H,13,15). The molecule has 1 heterocycles. The number of carbonyl (C=O) groups excluding carboxylic acids is 2. The van der Waals surface area contributed by atoms with E-state index in [1.54, 1.807) is 4.90 Å². The summed E-state index contributed by atoms with van der Waals surface area (Å²) in [5.41, 5.74) is 0. The molecular formula is C12H22N2O2. The highest BCUT2D eigenvalue weighted by Gasteiger charge is 2.34. The fourth-order valence-corrected chi connectivity index (χ4v) is 2.02. The average Bonchev–Trinajstić information content (AvgIpc) is 2.63. The van der Waals surface area contributed by atoms with Crippen molar-refractivity contribution in [3.05, 3.63) is 0 Å². The SMILES string of the molecule is CC(C)NC(=O)C1CCCN1C(=O)C(C)C. The van der Waals surface area contributed by atoms with E-state index in [1.807, 2.05) is 27.7 Å². The van der Waals surface area contributed by atoms with Crippen LogP contribution in [0.5, 0.6) is 0 Å². The van der Waals surface area contributed by atoms with Crippen LogP contribution in [0.4, 0.5) is 0 Å². The average molecular weight is 226 g/mol. The molecule has 0 aromatic carbocycles. The quantitative estimate of drug-likeness (QED) is 0.785. The Hall–Kier alpha value is -1.06. The number of nitrogens with one attached hydrogen (secondary N) is 1. The van der Waals surface area contributed by atoms with Crippen LogP contribution in [0.15, 0.2) is 0 Å². The lowest BCUT2D eigenvalue weighted by Gasteiger charge is -2.26. The smallest absolute Gasteiger partial charge is 0.243 e. The van der Waals surface area contributed by atoms with Crippen LogP contribution in [0, 0.1) is 5.92 Å². The van der Waals surface area contributed by atoms with E-state index in [2.05, 4.69) is 5.32 Å². The number of rotatable bonds is 3. The molecule has 1 atom stereocenters. The van der Waals surface area contributed by atoms with Gasteiger partial charge in [-0.2, -0.15) is 0 Å². The topological polar surface area (TPSA) is 49.4 Å². The van der Waals surface area contributed by atoms with Crippen molar-refractivity contribution in [2.75, 3.05) is 6.54 Å². The van der Waals surface area contributed by atoms with Crippen molar-refractivity contribution in [1.29, 1.82) is 0 Å². The highest BCUT2D eigenvalue weighted by molar-refractivity contribution is 5.89. The first-order valence-electron chi connectivity index (χ1n) is 6.04. The molecule has 1 aliphatic rings. The van der Waals surface area contributed by atoms with E-state index in [0.717, 1.165) is 12.8 Å². The second-order valence-electron chi connectivity index (χ2n) is 5.01. The fraction of sp³-hybridized carbons (Fsp3) is 0.833. The van der Waals surface area contributed by atoms with Crippen LogP contribution in [-0.4, -0.2) is 35.3 Å². The summed E-state index contributed by atoms with van der Waals surface area (Å²) in [6.07, 6.45) is 1.71. The molecule has 4 nitrogen and oxygen atoms in total. The summed E-state index contributed by atoms with van der Waals surface area (Å²) in [6.45, 7) is 8.33. The van der Waals surface area contributed by atoms with Crippen molar-refractivity contribution >= 4 is 11.8 Å². The van der Waals surface area contributed by atoms with Crippen LogP contribution >= 0.6 is 0 Å². The fourth-order valence-electron chi connectivity index (χ4n) is 2.02. The summed E-state index contributed by atoms with van der Waals surface area (Å²) in [7, 11) is 0. The largest absolute Gasteiger partial charge is 0.352 e. The van der Waals surface area contributed by atoms with E-state index >= 15 is 0 Å². The molecule has 0 aromatic heterocycles. The zero-order valence-electron chi connectivity index (χ0n) is 10.6. The molecule has 1 saturated heterocycles. The van der Waals surface area contributed by atoms with Gasteiger partial charge in [-0.15, -0.1) is 0 Å².